The summed E-state index contributed by atoms with van der Waals surface area (Å²) in [6.45, 7) is 4.39. The molecular weight excluding hydrogens is 344 g/mol. The van der Waals surface area contributed by atoms with Crippen LogP contribution in [0.2, 0.25) is 0 Å². The topological polar surface area (TPSA) is 92.8 Å². The Balaban J connectivity index is 2.14. The van der Waals surface area contributed by atoms with Gasteiger partial charge in [-0.15, -0.1) is 6.58 Å². The molecule has 0 spiro atoms. The maximum Gasteiger partial charge on any atom is 0.339 e. The van der Waals surface area contributed by atoms with Crippen LogP contribution in [0.3, 0.4) is 0 Å². The molecule has 0 bridgehead atoms. The predicted molar refractivity (Wildman–Crippen MR) is 92.5 cm³/mol. The van der Waals surface area contributed by atoms with Crippen LogP contribution in [0.25, 0.3) is 0 Å². The van der Waals surface area contributed by atoms with Crippen molar-refractivity contribution in [2.45, 2.75) is 17.7 Å². The van der Waals surface area contributed by atoms with E-state index in [9.17, 15) is 18.0 Å². The van der Waals surface area contributed by atoms with Gasteiger partial charge in [0.05, 0.1) is 17.6 Å². The molecule has 8 heteroatoms. The van der Waals surface area contributed by atoms with Crippen LogP contribution in [0, 0.1) is 5.92 Å². The number of carbonyl (C=O) groups is 2. The predicted octanol–water partition coefficient (Wildman–Crippen LogP) is 1.18. The first-order chi connectivity index (χ1) is 11.9. The summed E-state index contributed by atoms with van der Waals surface area (Å²) in [7, 11) is -2.62. The van der Waals surface area contributed by atoms with Crippen LogP contribution in [0.5, 0.6) is 0 Å². The number of nitrogens with one attached hydrogen (secondary N) is 1. The average Bonchev–Trinajstić information content (AvgIpc) is 2.65. The molecule has 1 fully saturated rings. The van der Waals surface area contributed by atoms with Crippen molar-refractivity contribution < 1.29 is 22.7 Å². The number of esters is 1. The van der Waals surface area contributed by atoms with E-state index in [0.717, 1.165) is 0 Å². The smallest absolute Gasteiger partial charge is 0.339 e. The Morgan fingerprint density at radius 1 is 1.32 bits per heavy atom. The Morgan fingerprint density at radius 2 is 1.96 bits per heavy atom. The lowest BCUT2D eigenvalue weighted by Gasteiger charge is -2.30. The molecule has 0 atom stereocenters. The number of carbonyl (C=O) groups excluding carboxylic acids is 2. The Hall–Kier alpha value is -2.19. The van der Waals surface area contributed by atoms with E-state index in [0.29, 0.717) is 19.4 Å². The third-order valence-corrected chi connectivity index (χ3v) is 6.11. The monoisotopic (exact) mass is 366 g/mol. The molecule has 0 saturated carbocycles. The molecule has 2 rings (SSSR count). The zero-order valence-electron chi connectivity index (χ0n) is 14.1. The first kappa shape index (κ1) is 19.1. The molecule has 0 aromatic heterocycles. The van der Waals surface area contributed by atoms with E-state index in [4.69, 9.17) is 0 Å². The van der Waals surface area contributed by atoms with Gasteiger partial charge in [-0.3, -0.25) is 4.79 Å². The number of rotatable bonds is 6. The number of nitrogens with zero attached hydrogens (tertiary/aromatic N) is 1. The van der Waals surface area contributed by atoms with E-state index in [1.54, 1.807) is 18.2 Å². The van der Waals surface area contributed by atoms with Crippen LogP contribution < -0.4 is 5.32 Å². The van der Waals surface area contributed by atoms with Gasteiger partial charge in [0.25, 0.3) is 0 Å². The molecule has 1 amide bonds. The van der Waals surface area contributed by atoms with Crippen LogP contribution in [-0.4, -0.2) is 51.3 Å². The van der Waals surface area contributed by atoms with Gasteiger partial charge in [-0.25, -0.2) is 13.2 Å². The molecule has 1 N–H and O–H groups in total. The summed E-state index contributed by atoms with van der Waals surface area (Å²) in [5.74, 6) is -1.01. The minimum absolute atomic E-state index is 0.0100. The lowest BCUT2D eigenvalue weighted by atomic mass is 9.97. The highest BCUT2D eigenvalue weighted by Crippen LogP contribution is 2.26. The highest BCUT2D eigenvalue weighted by atomic mass is 32.2. The summed E-state index contributed by atoms with van der Waals surface area (Å²) in [4.78, 5) is 23.7. The summed E-state index contributed by atoms with van der Waals surface area (Å²) in [5, 5.41) is 2.73. The minimum atomic E-state index is -3.83. The number of hydrogen-bond acceptors (Lipinski definition) is 5. The number of methoxy groups -OCH3 is 1. The van der Waals surface area contributed by atoms with Gasteiger partial charge in [0, 0.05) is 25.6 Å². The lowest BCUT2D eigenvalue weighted by molar-refractivity contribution is -0.125. The Kier molecular flexibility index (Phi) is 6.33. The number of piperidine rings is 1. The van der Waals surface area contributed by atoms with Crippen LogP contribution in [-0.2, 0) is 19.6 Å². The molecule has 25 heavy (non-hydrogen) atoms. The van der Waals surface area contributed by atoms with Crippen molar-refractivity contribution in [3.05, 3.63) is 42.5 Å². The average molecular weight is 366 g/mol. The second-order valence-electron chi connectivity index (χ2n) is 5.70. The van der Waals surface area contributed by atoms with Crippen LogP contribution in [0.15, 0.2) is 41.8 Å². The maximum atomic E-state index is 12.9. The maximum absolute atomic E-state index is 12.9. The summed E-state index contributed by atoms with van der Waals surface area (Å²) in [6.07, 6.45) is 2.46. The number of ether oxygens (including phenoxy) is 1. The van der Waals surface area contributed by atoms with E-state index >= 15 is 0 Å². The van der Waals surface area contributed by atoms with Crippen molar-refractivity contribution in [2.75, 3.05) is 26.7 Å². The van der Waals surface area contributed by atoms with E-state index in [2.05, 4.69) is 16.6 Å². The van der Waals surface area contributed by atoms with Crippen molar-refractivity contribution >= 4 is 21.9 Å². The SMILES string of the molecule is C=CCNC(=O)C1CCN(S(=O)(=O)c2ccccc2C(=O)OC)CC1. The van der Waals surface area contributed by atoms with E-state index < -0.39 is 16.0 Å². The molecule has 1 aliphatic heterocycles. The van der Waals surface area contributed by atoms with Crippen molar-refractivity contribution in [1.82, 2.24) is 9.62 Å². The van der Waals surface area contributed by atoms with Crippen molar-refractivity contribution in [1.29, 1.82) is 0 Å². The summed E-state index contributed by atoms with van der Waals surface area (Å²) < 4.78 is 31.7. The molecule has 1 aliphatic rings. The highest BCUT2D eigenvalue weighted by molar-refractivity contribution is 7.89. The number of sulfonamides is 1. The molecule has 7 nitrogen and oxygen atoms in total. The highest BCUT2D eigenvalue weighted by Gasteiger charge is 2.34. The second kappa shape index (κ2) is 8.26. The van der Waals surface area contributed by atoms with Crippen molar-refractivity contribution in [2.24, 2.45) is 5.92 Å². The van der Waals surface area contributed by atoms with Gasteiger partial charge in [0.15, 0.2) is 0 Å². The molecule has 136 valence electrons. The van der Waals surface area contributed by atoms with Gasteiger partial charge in [-0.2, -0.15) is 4.31 Å². The number of amides is 1. The van der Waals surface area contributed by atoms with Gasteiger partial charge < -0.3 is 10.1 Å². The molecule has 1 heterocycles. The lowest BCUT2D eigenvalue weighted by Crippen LogP contribution is -2.43. The first-order valence-corrected chi connectivity index (χ1v) is 9.42. The Bertz CT molecular complexity index is 752. The number of benzene rings is 1. The van der Waals surface area contributed by atoms with E-state index in [1.165, 1.54) is 23.5 Å². The van der Waals surface area contributed by atoms with Gasteiger partial charge in [-0.05, 0) is 25.0 Å². The largest absolute Gasteiger partial charge is 0.465 e. The Morgan fingerprint density at radius 3 is 2.56 bits per heavy atom. The van der Waals surface area contributed by atoms with E-state index in [1.807, 2.05) is 0 Å². The fraction of sp³-hybridized carbons (Fsp3) is 0.412. The molecule has 1 saturated heterocycles. The summed E-state index contributed by atoms with van der Waals surface area (Å²) >= 11 is 0. The zero-order valence-corrected chi connectivity index (χ0v) is 14.9. The first-order valence-electron chi connectivity index (χ1n) is 7.98. The molecule has 0 aliphatic carbocycles. The standard InChI is InChI=1S/C17H22N2O5S/c1-3-10-18-16(20)13-8-11-19(12-9-13)25(22,23)15-7-5-4-6-14(15)17(21)24-2/h3-7,13H,1,8-12H2,2H3,(H,18,20). The third-order valence-electron chi connectivity index (χ3n) is 4.16. The fourth-order valence-corrected chi connectivity index (χ4v) is 4.43. The minimum Gasteiger partial charge on any atom is -0.465 e. The van der Waals surface area contributed by atoms with Crippen molar-refractivity contribution in [3.8, 4) is 0 Å². The fourth-order valence-electron chi connectivity index (χ4n) is 2.78. The Labute approximate surface area is 147 Å². The second-order valence-corrected chi connectivity index (χ2v) is 7.61. The molecule has 0 radical (unpaired) electrons. The van der Waals surface area contributed by atoms with Crippen LogP contribution in [0.4, 0.5) is 0 Å². The van der Waals surface area contributed by atoms with Gasteiger partial charge in [0.2, 0.25) is 15.9 Å². The van der Waals surface area contributed by atoms with Crippen LogP contribution in [0.1, 0.15) is 23.2 Å². The van der Waals surface area contributed by atoms with Crippen LogP contribution >= 0.6 is 0 Å². The van der Waals surface area contributed by atoms with Gasteiger partial charge in [0.1, 0.15) is 0 Å². The summed E-state index contributed by atoms with van der Waals surface area (Å²) in [5.41, 5.74) is 0.0100. The van der Waals surface area contributed by atoms with Gasteiger partial charge >= 0.3 is 5.97 Å². The zero-order chi connectivity index (χ0) is 18.4. The summed E-state index contributed by atoms with van der Waals surface area (Å²) in [6, 6.07) is 5.97. The quantitative estimate of drug-likeness (QED) is 0.603. The molecule has 1 aromatic carbocycles. The molecule has 1 aromatic rings. The number of hydrogen-bond donors (Lipinski definition) is 1. The van der Waals surface area contributed by atoms with Gasteiger partial charge in [-0.1, -0.05) is 18.2 Å². The van der Waals surface area contributed by atoms with Crippen molar-refractivity contribution in [3.63, 3.8) is 0 Å². The molecular formula is C17H22N2O5S. The molecule has 0 unspecified atom stereocenters. The normalized spacial score (nSPS) is 16.2. The van der Waals surface area contributed by atoms with E-state index in [-0.39, 0.29) is 35.4 Å². The third kappa shape index (κ3) is 4.26.